The minimum atomic E-state index is -1.46. The normalized spacial score (nSPS) is 10.3. The van der Waals surface area contributed by atoms with Crippen LogP contribution in [-0.2, 0) is 6.42 Å². The van der Waals surface area contributed by atoms with Crippen molar-refractivity contribution in [2.24, 2.45) is 0 Å². The van der Waals surface area contributed by atoms with Crippen molar-refractivity contribution in [1.82, 2.24) is 4.98 Å². The van der Waals surface area contributed by atoms with Crippen LogP contribution in [0.1, 0.15) is 5.56 Å². The zero-order valence-corrected chi connectivity index (χ0v) is 6.02. The number of halogens is 3. The molecule has 0 spiro atoms. The third kappa shape index (κ3) is 1.73. The molecule has 0 amide bonds. The molecule has 66 valence electrons. The number of aliphatic hydroxyl groups is 1. The SMILES string of the molecule is OCCc1cc(F)c(F)nc1F. The Balaban J connectivity index is 3.05. The standard InChI is InChI=1S/C7H6F3NO/c8-5-3-4(1-2-12)6(9)11-7(5)10/h3,12H,1-2H2. The first-order chi connectivity index (χ1) is 5.65. The maximum absolute atomic E-state index is 12.6. The Morgan fingerprint density at radius 2 is 1.92 bits per heavy atom. The Labute approximate surface area is 66.7 Å². The molecule has 0 radical (unpaired) electrons. The van der Waals surface area contributed by atoms with Crippen molar-refractivity contribution in [2.75, 3.05) is 6.61 Å². The van der Waals surface area contributed by atoms with Crippen molar-refractivity contribution in [3.8, 4) is 0 Å². The summed E-state index contributed by atoms with van der Waals surface area (Å²) in [7, 11) is 0. The molecule has 1 N–H and O–H groups in total. The van der Waals surface area contributed by atoms with Gasteiger partial charge in [0, 0.05) is 18.6 Å². The molecule has 1 aromatic heterocycles. The van der Waals surface area contributed by atoms with Crippen LogP contribution in [0.5, 0.6) is 0 Å². The minimum absolute atomic E-state index is 0.0734. The lowest BCUT2D eigenvalue weighted by Gasteiger charge is -1.99. The average molecular weight is 177 g/mol. The number of pyridine rings is 1. The summed E-state index contributed by atoms with van der Waals surface area (Å²) in [5, 5.41) is 8.39. The molecular weight excluding hydrogens is 171 g/mol. The van der Waals surface area contributed by atoms with Gasteiger partial charge in [-0.2, -0.15) is 13.8 Å². The van der Waals surface area contributed by atoms with E-state index in [9.17, 15) is 13.2 Å². The van der Waals surface area contributed by atoms with Crippen molar-refractivity contribution in [2.45, 2.75) is 6.42 Å². The van der Waals surface area contributed by atoms with E-state index in [0.29, 0.717) is 6.07 Å². The Bertz CT molecular complexity index is 290. The second-order valence-electron chi connectivity index (χ2n) is 2.18. The van der Waals surface area contributed by atoms with Crippen LogP contribution in [0, 0.1) is 17.7 Å². The molecule has 0 saturated heterocycles. The summed E-state index contributed by atoms with van der Waals surface area (Å²) in [5.41, 5.74) is -0.128. The first-order valence-corrected chi connectivity index (χ1v) is 3.26. The first-order valence-electron chi connectivity index (χ1n) is 3.26. The third-order valence-corrected chi connectivity index (χ3v) is 1.34. The molecule has 0 unspecified atom stereocenters. The van der Waals surface area contributed by atoms with Gasteiger partial charge >= 0.3 is 0 Å². The van der Waals surface area contributed by atoms with E-state index >= 15 is 0 Å². The fraction of sp³-hybridized carbons (Fsp3) is 0.286. The Morgan fingerprint density at radius 3 is 2.50 bits per heavy atom. The lowest BCUT2D eigenvalue weighted by molar-refractivity contribution is 0.296. The van der Waals surface area contributed by atoms with Crippen LogP contribution < -0.4 is 0 Å². The number of hydrogen-bond acceptors (Lipinski definition) is 2. The van der Waals surface area contributed by atoms with Gasteiger partial charge in [-0.25, -0.2) is 4.39 Å². The van der Waals surface area contributed by atoms with Crippen LogP contribution in [0.4, 0.5) is 13.2 Å². The third-order valence-electron chi connectivity index (χ3n) is 1.34. The van der Waals surface area contributed by atoms with E-state index < -0.39 is 17.7 Å². The highest BCUT2D eigenvalue weighted by atomic mass is 19.2. The van der Waals surface area contributed by atoms with Crippen LogP contribution in [0.2, 0.25) is 0 Å². The van der Waals surface area contributed by atoms with Crippen molar-refractivity contribution in [3.05, 3.63) is 29.3 Å². The molecule has 0 aliphatic carbocycles. The van der Waals surface area contributed by atoms with Crippen molar-refractivity contribution >= 4 is 0 Å². The topological polar surface area (TPSA) is 33.1 Å². The monoisotopic (exact) mass is 177 g/mol. The number of rotatable bonds is 2. The molecule has 0 aliphatic rings. The Kier molecular flexibility index (Phi) is 2.65. The summed E-state index contributed by atoms with van der Waals surface area (Å²) >= 11 is 0. The van der Waals surface area contributed by atoms with Crippen LogP contribution in [0.15, 0.2) is 6.07 Å². The van der Waals surface area contributed by atoms with Gasteiger partial charge in [-0.15, -0.1) is 0 Å². The van der Waals surface area contributed by atoms with Gasteiger partial charge in [0.2, 0.25) is 5.95 Å². The smallest absolute Gasteiger partial charge is 0.251 e. The maximum atomic E-state index is 12.6. The second-order valence-corrected chi connectivity index (χ2v) is 2.18. The van der Waals surface area contributed by atoms with Gasteiger partial charge in [0.15, 0.2) is 5.82 Å². The summed E-state index contributed by atoms with van der Waals surface area (Å²) in [6.45, 7) is -0.330. The van der Waals surface area contributed by atoms with E-state index in [1.165, 1.54) is 0 Å². The van der Waals surface area contributed by atoms with Crippen molar-refractivity contribution in [3.63, 3.8) is 0 Å². The van der Waals surface area contributed by atoms with Gasteiger partial charge in [0.05, 0.1) is 0 Å². The molecule has 0 saturated carbocycles. The van der Waals surface area contributed by atoms with E-state index in [0.717, 1.165) is 0 Å². The van der Waals surface area contributed by atoms with Crippen LogP contribution in [-0.4, -0.2) is 16.7 Å². The Hall–Kier alpha value is -1.10. The van der Waals surface area contributed by atoms with Gasteiger partial charge in [-0.05, 0) is 6.07 Å². The highest BCUT2D eigenvalue weighted by Gasteiger charge is 2.10. The summed E-state index contributed by atoms with van der Waals surface area (Å²) in [5.74, 6) is -3.75. The van der Waals surface area contributed by atoms with Crippen molar-refractivity contribution in [1.29, 1.82) is 0 Å². The molecule has 1 rings (SSSR count). The van der Waals surface area contributed by atoms with Gasteiger partial charge < -0.3 is 5.11 Å². The molecule has 12 heavy (non-hydrogen) atoms. The number of aromatic nitrogens is 1. The molecular formula is C7H6F3NO. The van der Waals surface area contributed by atoms with E-state index in [2.05, 4.69) is 4.98 Å². The molecule has 0 atom stereocenters. The Morgan fingerprint density at radius 1 is 1.25 bits per heavy atom. The molecule has 5 heteroatoms. The number of aliphatic hydroxyl groups excluding tert-OH is 1. The largest absolute Gasteiger partial charge is 0.396 e. The molecule has 2 nitrogen and oxygen atoms in total. The quantitative estimate of drug-likeness (QED) is 0.684. The molecule has 1 aromatic rings. The van der Waals surface area contributed by atoms with Gasteiger partial charge in [0.25, 0.3) is 5.95 Å². The van der Waals surface area contributed by atoms with E-state index in [1.54, 1.807) is 0 Å². The molecule has 0 bridgehead atoms. The minimum Gasteiger partial charge on any atom is -0.396 e. The maximum Gasteiger partial charge on any atom is 0.251 e. The highest BCUT2D eigenvalue weighted by molar-refractivity contribution is 5.13. The van der Waals surface area contributed by atoms with Gasteiger partial charge in [-0.1, -0.05) is 0 Å². The molecule has 1 heterocycles. The van der Waals surface area contributed by atoms with Crippen LogP contribution >= 0.6 is 0 Å². The summed E-state index contributed by atoms with van der Waals surface area (Å²) in [4.78, 5) is 2.67. The first kappa shape index (κ1) is 8.99. The van der Waals surface area contributed by atoms with Crippen LogP contribution in [0.25, 0.3) is 0 Å². The van der Waals surface area contributed by atoms with Crippen molar-refractivity contribution < 1.29 is 18.3 Å². The summed E-state index contributed by atoms with van der Waals surface area (Å²) in [6.07, 6.45) is -0.0734. The van der Waals surface area contributed by atoms with Gasteiger partial charge in [0.1, 0.15) is 0 Å². The zero-order chi connectivity index (χ0) is 9.14. The zero-order valence-electron chi connectivity index (χ0n) is 6.02. The number of hydrogen-bond donors (Lipinski definition) is 1. The second kappa shape index (κ2) is 3.53. The molecule has 0 aromatic carbocycles. The predicted molar refractivity (Wildman–Crippen MR) is 34.9 cm³/mol. The fourth-order valence-electron chi connectivity index (χ4n) is 0.779. The molecule has 0 fully saturated rings. The van der Waals surface area contributed by atoms with Crippen LogP contribution in [0.3, 0.4) is 0 Å². The lowest BCUT2D eigenvalue weighted by atomic mass is 10.2. The fourth-order valence-corrected chi connectivity index (χ4v) is 0.779. The number of nitrogens with zero attached hydrogens (tertiary/aromatic N) is 1. The average Bonchev–Trinajstić information content (AvgIpc) is 2.01. The lowest BCUT2D eigenvalue weighted by Crippen LogP contribution is -2.02. The summed E-state index contributed by atoms with van der Waals surface area (Å²) in [6, 6.07) is 0.688. The highest BCUT2D eigenvalue weighted by Crippen LogP contribution is 2.10. The van der Waals surface area contributed by atoms with E-state index in [1.807, 2.05) is 0 Å². The van der Waals surface area contributed by atoms with E-state index in [-0.39, 0.29) is 18.6 Å². The predicted octanol–water partition coefficient (Wildman–Crippen LogP) is 1.03. The summed E-state index contributed by atoms with van der Waals surface area (Å²) < 4.78 is 37.2. The molecule has 0 aliphatic heterocycles. The van der Waals surface area contributed by atoms with E-state index in [4.69, 9.17) is 5.11 Å². The van der Waals surface area contributed by atoms with Gasteiger partial charge in [-0.3, -0.25) is 0 Å².